The Morgan fingerprint density at radius 1 is 1.47 bits per heavy atom. The number of hydrogen-bond acceptors (Lipinski definition) is 3. The number of aromatic nitrogens is 2. The van der Waals surface area contributed by atoms with Crippen LogP contribution < -0.4 is 0 Å². The van der Waals surface area contributed by atoms with Crippen molar-refractivity contribution < 1.29 is 27.1 Å². The zero-order valence-electron chi connectivity index (χ0n) is 9.14. The first-order chi connectivity index (χ1) is 7.82. The average molecular weight is 254 g/mol. The normalized spacial score (nSPS) is 11.6. The molecule has 0 radical (unpaired) electrons. The number of carbonyl (C=O) groups is 1. The van der Waals surface area contributed by atoms with Crippen molar-refractivity contribution in [1.82, 2.24) is 9.78 Å². The maximum absolute atomic E-state index is 12.6. The van der Waals surface area contributed by atoms with E-state index in [0.717, 1.165) is 7.05 Å². The summed E-state index contributed by atoms with van der Waals surface area (Å²) in [6, 6.07) is 0. The second-order valence-corrected chi connectivity index (χ2v) is 3.15. The Kier molecular flexibility index (Phi) is 3.74. The van der Waals surface area contributed by atoms with Crippen LogP contribution in [0.4, 0.5) is 17.6 Å². The third-order valence-electron chi connectivity index (χ3n) is 2.04. The van der Waals surface area contributed by atoms with E-state index in [4.69, 9.17) is 0 Å². The average Bonchev–Trinajstić information content (AvgIpc) is 2.55. The molecule has 4 nitrogen and oxygen atoms in total. The number of hydrogen-bond donors (Lipinski definition) is 0. The molecule has 0 saturated heterocycles. The molecule has 0 saturated carbocycles. The molecule has 0 aliphatic rings. The van der Waals surface area contributed by atoms with Gasteiger partial charge in [0, 0.05) is 7.05 Å². The molecule has 0 bridgehead atoms. The van der Waals surface area contributed by atoms with Gasteiger partial charge in [-0.25, -0.2) is 9.18 Å². The SMILES string of the molecule is CCOC(=O)c1c(C(F)(F)F)nn(C)c1CF. The summed E-state index contributed by atoms with van der Waals surface area (Å²) in [5.74, 6) is -1.22. The van der Waals surface area contributed by atoms with E-state index in [1.165, 1.54) is 6.92 Å². The molecule has 0 aliphatic heterocycles. The molecule has 8 heteroatoms. The Bertz CT molecular complexity index is 425. The van der Waals surface area contributed by atoms with E-state index in [0.29, 0.717) is 4.68 Å². The molecule has 0 aliphatic carbocycles. The number of ether oxygens (including phenoxy) is 1. The number of rotatable bonds is 3. The molecule has 0 fully saturated rings. The zero-order valence-corrected chi connectivity index (χ0v) is 9.14. The molecule has 1 aromatic heterocycles. The molecule has 17 heavy (non-hydrogen) atoms. The van der Waals surface area contributed by atoms with Crippen LogP contribution in [0.2, 0.25) is 0 Å². The summed E-state index contributed by atoms with van der Waals surface area (Å²) in [4.78, 5) is 11.4. The summed E-state index contributed by atoms with van der Waals surface area (Å²) in [7, 11) is 1.13. The largest absolute Gasteiger partial charge is 0.462 e. The summed E-state index contributed by atoms with van der Waals surface area (Å²) in [5.41, 5.74) is -2.73. The van der Waals surface area contributed by atoms with Gasteiger partial charge in [0.15, 0.2) is 5.69 Å². The van der Waals surface area contributed by atoms with Gasteiger partial charge in [-0.3, -0.25) is 4.68 Å². The van der Waals surface area contributed by atoms with Gasteiger partial charge in [0.05, 0.1) is 12.3 Å². The molecule has 0 aromatic carbocycles. The zero-order chi connectivity index (χ0) is 13.2. The van der Waals surface area contributed by atoms with Gasteiger partial charge < -0.3 is 4.74 Å². The van der Waals surface area contributed by atoms with E-state index < -0.39 is 35.8 Å². The van der Waals surface area contributed by atoms with Gasteiger partial charge in [0.25, 0.3) is 0 Å². The highest BCUT2D eigenvalue weighted by molar-refractivity contribution is 5.92. The quantitative estimate of drug-likeness (QED) is 0.612. The van der Waals surface area contributed by atoms with Crippen LogP contribution in [0.25, 0.3) is 0 Å². The van der Waals surface area contributed by atoms with E-state index in [2.05, 4.69) is 9.84 Å². The summed E-state index contributed by atoms with van der Waals surface area (Å²) in [6.07, 6.45) is -4.83. The summed E-state index contributed by atoms with van der Waals surface area (Å²) in [5, 5.41) is 3.11. The van der Waals surface area contributed by atoms with Crippen LogP contribution in [0, 0.1) is 0 Å². The fourth-order valence-electron chi connectivity index (χ4n) is 1.33. The van der Waals surface area contributed by atoms with Gasteiger partial charge in [-0.2, -0.15) is 18.3 Å². The van der Waals surface area contributed by atoms with Crippen molar-refractivity contribution in [3.63, 3.8) is 0 Å². The number of alkyl halides is 4. The van der Waals surface area contributed by atoms with Crippen LogP contribution >= 0.6 is 0 Å². The maximum Gasteiger partial charge on any atom is 0.436 e. The van der Waals surface area contributed by atoms with Crippen molar-refractivity contribution in [2.45, 2.75) is 19.8 Å². The van der Waals surface area contributed by atoms with E-state index in [1.54, 1.807) is 0 Å². The molecule has 1 rings (SSSR count). The standard InChI is InChI=1S/C9H10F4N2O2/c1-3-17-8(16)6-5(4-10)15(2)14-7(6)9(11,12)13/h3-4H2,1-2H3. The Balaban J connectivity index is 3.37. The minimum atomic E-state index is -4.83. The Hall–Kier alpha value is -1.60. The van der Waals surface area contributed by atoms with Crippen LogP contribution in [0.1, 0.15) is 28.7 Å². The first-order valence-corrected chi connectivity index (χ1v) is 4.69. The summed E-state index contributed by atoms with van der Waals surface area (Å²) >= 11 is 0. The molecule has 1 heterocycles. The van der Waals surface area contributed by atoms with E-state index >= 15 is 0 Å². The number of carbonyl (C=O) groups excluding carboxylic acids is 1. The second kappa shape index (κ2) is 4.72. The number of halogens is 4. The molecule has 96 valence electrons. The summed E-state index contributed by atoms with van der Waals surface area (Å²) < 4.78 is 55.5. The molecular weight excluding hydrogens is 244 g/mol. The third-order valence-corrected chi connectivity index (χ3v) is 2.04. The minimum Gasteiger partial charge on any atom is -0.462 e. The predicted molar refractivity (Wildman–Crippen MR) is 49.0 cm³/mol. The maximum atomic E-state index is 12.6. The Morgan fingerprint density at radius 3 is 2.47 bits per heavy atom. The fourth-order valence-corrected chi connectivity index (χ4v) is 1.33. The minimum absolute atomic E-state index is 0.100. The molecule has 0 spiro atoms. The van der Waals surface area contributed by atoms with Gasteiger partial charge in [0.2, 0.25) is 0 Å². The first-order valence-electron chi connectivity index (χ1n) is 4.69. The van der Waals surface area contributed by atoms with Crippen LogP contribution in [0.15, 0.2) is 0 Å². The van der Waals surface area contributed by atoms with Gasteiger partial charge in [0.1, 0.15) is 12.2 Å². The lowest BCUT2D eigenvalue weighted by atomic mass is 10.2. The van der Waals surface area contributed by atoms with Gasteiger partial charge in [-0.15, -0.1) is 0 Å². The lowest BCUT2D eigenvalue weighted by Crippen LogP contribution is -2.15. The third kappa shape index (κ3) is 2.56. The molecule has 0 atom stereocenters. The van der Waals surface area contributed by atoms with Gasteiger partial charge >= 0.3 is 12.1 Å². The number of aryl methyl sites for hydroxylation is 1. The predicted octanol–water partition coefficient (Wildman–Crippen LogP) is 2.09. The van der Waals surface area contributed by atoms with Crippen LogP contribution in [-0.4, -0.2) is 22.4 Å². The Morgan fingerprint density at radius 2 is 2.06 bits per heavy atom. The number of esters is 1. The topological polar surface area (TPSA) is 44.1 Å². The number of nitrogens with zero attached hydrogens (tertiary/aromatic N) is 2. The smallest absolute Gasteiger partial charge is 0.436 e. The van der Waals surface area contributed by atoms with E-state index in [-0.39, 0.29) is 6.61 Å². The van der Waals surface area contributed by atoms with Crippen LogP contribution in [-0.2, 0) is 24.6 Å². The lowest BCUT2D eigenvalue weighted by molar-refractivity contribution is -0.142. The van der Waals surface area contributed by atoms with Crippen LogP contribution in [0.5, 0.6) is 0 Å². The molecule has 1 aromatic rings. The van der Waals surface area contributed by atoms with Crippen molar-refractivity contribution in [1.29, 1.82) is 0 Å². The van der Waals surface area contributed by atoms with Gasteiger partial charge in [-0.1, -0.05) is 0 Å². The Labute approximate surface area is 94.2 Å². The molecular formula is C9H10F4N2O2. The van der Waals surface area contributed by atoms with Crippen molar-refractivity contribution in [2.75, 3.05) is 6.61 Å². The second-order valence-electron chi connectivity index (χ2n) is 3.15. The molecule has 0 amide bonds. The van der Waals surface area contributed by atoms with E-state index in [1.807, 2.05) is 0 Å². The highest BCUT2D eigenvalue weighted by Gasteiger charge is 2.41. The molecule has 0 N–H and O–H groups in total. The lowest BCUT2D eigenvalue weighted by Gasteiger charge is -2.06. The molecule has 0 unspecified atom stereocenters. The van der Waals surface area contributed by atoms with E-state index in [9.17, 15) is 22.4 Å². The highest BCUT2D eigenvalue weighted by Crippen LogP contribution is 2.33. The first kappa shape index (κ1) is 13.5. The van der Waals surface area contributed by atoms with Crippen molar-refractivity contribution in [3.8, 4) is 0 Å². The van der Waals surface area contributed by atoms with Crippen molar-refractivity contribution in [2.24, 2.45) is 7.05 Å². The monoisotopic (exact) mass is 254 g/mol. The van der Waals surface area contributed by atoms with Crippen molar-refractivity contribution in [3.05, 3.63) is 17.0 Å². The van der Waals surface area contributed by atoms with Gasteiger partial charge in [-0.05, 0) is 6.92 Å². The van der Waals surface area contributed by atoms with Crippen molar-refractivity contribution >= 4 is 5.97 Å². The highest BCUT2D eigenvalue weighted by atomic mass is 19.4. The summed E-state index contributed by atoms with van der Waals surface area (Å²) in [6.45, 7) is 0.112. The van der Waals surface area contributed by atoms with Crippen LogP contribution in [0.3, 0.4) is 0 Å². The fraction of sp³-hybridized carbons (Fsp3) is 0.556.